The summed E-state index contributed by atoms with van der Waals surface area (Å²) in [5.74, 6) is -0.964. The van der Waals surface area contributed by atoms with Crippen molar-refractivity contribution in [1.29, 1.82) is 0 Å². The molecule has 4 rings (SSSR count). The summed E-state index contributed by atoms with van der Waals surface area (Å²) in [4.78, 5) is 17.3. The average molecular weight is 459 g/mol. The van der Waals surface area contributed by atoms with E-state index in [0.29, 0.717) is 40.0 Å². The van der Waals surface area contributed by atoms with Crippen molar-refractivity contribution in [2.75, 3.05) is 19.8 Å². The van der Waals surface area contributed by atoms with Crippen LogP contribution in [0.3, 0.4) is 0 Å². The van der Waals surface area contributed by atoms with Gasteiger partial charge in [-0.1, -0.05) is 11.6 Å². The van der Waals surface area contributed by atoms with E-state index in [1.54, 1.807) is 12.1 Å². The van der Waals surface area contributed by atoms with Crippen molar-refractivity contribution in [2.24, 2.45) is 0 Å². The Balaban J connectivity index is 1.64. The molecule has 9 heteroatoms. The number of fused-ring (bicyclic) bond motifs is 1. The lowest BCUT2D eigenvalue weighted by molar-refractivity contribution is -0.182. The van der Waals surface area contributed by atoms with Gasteiger partial charge < -0.3 is 19.9 Å². The van der Waals surface area contributed by atoms with E-state index < -0.39 is 11.9 Å². The number of piperidine rings is 1. The van der Waals surface area contributed by atoms with Crippen LogP contribution in [0.15, 0.2) is 27.7 Å². The van der Waals surface area contributed by atoms with E-state index in [0.717, 1.165) is 19.4 Å². The van der Waals surface area contributed by atoms with Gasteiger partial charge in [0.05, 0.1) is 48.1 Å². The molecule has 0 saturated carbocycles. The summed E-state index contributed by atoms with van der Waals surface area (Å²) >= 11 is 9.49. The molecule has 1 aromatic heterocycles. The van der Waals surface area contributed by atoms with E-state index in [2.05, 4.69) is 26.2 Å². The minimum atomic E-state index is -0.964. The number of aromatic nitrogens is 2. The molecule has 0 spiro atoms. The summed E-state index contributed by atoms with van der Waals surface area (Å²) in [7, 11) is 0. The summed E-state index contributed by atoms with van der Waals surface area (Å²) in [6, 6.07) is 3.21. The van der Waals surface area contributed by atoms with Gasteiger partial charge in [-0.05, 0) is 47.4 Å². The lowest BCUT2D eigenvalue weighted by Gasteiger charge is -2.36. The smallest absolute Gasteiger partial charge is 0.261 e. The average Bonchev–Trinajstić information content (AvgIpc) is 3.10. The first-order valence-electron chi connectivity index (χ1n) is 9.01. The van der Waals surface area contributed by atoms with E-state index in [9.17, 15) is 9.90 Å². The molecule has 2 fully saturated rings. The van der Waals surface area contributed by atoms with Gasteiger partial charge in [-0.25, -0.2) is 4.98 Å². The predicted octanol–water partition coefficient (Wildman–Crippen LogP) is 2.06. The number of nitrogens with zero attached hydrogens (tertiary/aromatic N) is 2. The molecule has 0 aliphatic carbocycles. The van der Waals surface area contributed by atoms with Crippen LogP contribution in [0, 0.1) is 0 Å². The first-order chi connectivity index (χ1) is 13.0. The molecule has 2 N–H and O–H groups in total. The fourth-order valence-electron chi connectivity index (χ4n) is 3.78. The topological polar surface area (TPSA) is 85.6 Å². The highest BCUT2D eigenvalue weighted by Gasteiger charge is 2.42. The highest BCUT2D eigenvalue weighted by molar-refractivity contribution is 9.10. The van der Waals surface area contributed by atoms with Crippen molar-refractivity contribution in [2.45, 2.75) is 43.7 Å². The maximum absolute atomic E-state index is 13.0. The van der Waals surface area contributed by atoms with Gasteiger partial charge in [0.1, 0.15) is 0 Å². The normalized spacial score (nSPS) is 25.1. The molecule has 2 saturated heterocycles. The van der Waals surface area contributed by atoms with Gasteiger partial charge in [0, 0.05) is 16.9 Å². The van der Waals surface area contributed by atoms with E-state index in [-0.39, 0.29) is 18.1 Å². The van der Waals surface area contributed by atoms with Crippen LogP contribution in [-0.4, -0.2) is 52.3 Å². The Morgan fingerprint density at radius 3 is 2.93 bits per heavy atom. The highest BCUT2D eigenvalue weighted by Crippen LogP contribution is 2.30. The number of ether oxygens (including phenoxy) is 2. The molecule has 1 aromatic carbocycles. The Morgan fingerprint density at radius 2 is 2.19 bits per heavy atom. The SMILES string of the molecule is O=c1c2cc(Cl)c(Br)cc2ncn1CC1(CC2NCCCC2O)OCCO1. The molecule has 0 amide bonds. The Kier molecular flexibility index (Phi) is 5.55. The molecule has 0 bridgehead atoms. The van der Waals surface area contributed by atoms with Crippen LogP contribution in [0.25, 0.3) is 10.9 Å². The second kappa shape index (κ2) is 7.77. The number of aliphatic hydroxyl groups excluding tert-OH is 1. The van der Waals surface area contributed by atoms with Gasteiger partial charge in [-0.3, -0.25) is 9.36 Å². The Hall–Kier alpha value is -1.03. The summed E-state index contributed by atoms with van der Waals surface area (Å²) in [6.07, 6.45) is 3.20. The summed E-state index contributed by atoms with van der Waals surface area (Å²) < 4.78 is 14.0. The molecule has 2 aromatic rings. The number of rotatable bonds is 4. The van der Waals surface area contributed by atoms with Crippen LogP contribution < -0.4 is 10.9 Å². The largest absolute Gasteiger partial charge is 0.392 e. The molecular formula is C18H21BrClN3O4. The number of aliphatic hydroxyl groups is 1. The van der Waals surface area contributed by atoms with Crippen LogP contribution in [0.5, 0.6) is 0 Å². The Bertz CT molecular complexity index is 900. The molecule has 2 unspecified atom stereocenters. The van der Waals surface area contributed by atoms with Gasteiger partial charge in [-0.2, -0.15) is 0 Å². The summed E-state index contributed by atoms with van der Waals surface area (Å²) in [6.45, 7) is 1.96. The minimum absolute atomic E-state index is 0.133. The zero-order valence-corrected chi connectivity index (χ0v) is 17.0. The molecule has 27 heavy (non-hydrogen) atoms. The van der Waals surface area contributed by atoms with Crippen molar-refractivity contribution in [3.05, 3.63) is 38.3 Å². The third kappa shape index (κ3) is 3.92. The number of hydrogen-bond acceptors (Lipinski definition) is 6. The third-order valence-corrected chi connectivity index (χ3v) is 6.37. The maximum Gasteiger partial charge on any atom is 0.261 e. The van der Waals surface area contributed by atoms with Crippen LogP contribution in [0.1, 0.15) is 19.3 Å². The third-order valence-electron chi connectivity index (χ3n) is 5.17. The lowest BCUT2D eigenvalue weighted by atomic mass is 9.94. The second-order valence-corrected chi connectivity index (χ2v) is 8.30. The van der Waals surface area contributed by atoms with Gasteiger partial charge in [0.25, 0.3) is 5.56 Å². The molecule has 3 heterocycles. The zero-order chi connectivity index (χ0) is 19.0. The monoisotopic (exact) mass is 457 g/mol. The van der Waals surface area contributed by atoms with Crippen LogP contribution >= 0.6 is 27.5 Å². The molecule has 2 aliphatic rings. The van der Waals surface area contributed by atoms with E-state index in [1.807, 2.05) is 0 Å². The Morgan fingerprint density at radius 1 is 1.41 bits per heavy atom. The molecule has 2 atom stereocenters. The highest BCUT2D eigenvalue weighted by atomic mass is 79.9. The van der Waals surface area contributed by atoms with Gasteiger partial charge in [0.2, 0.25) is 0 Å². The first-order valence-corrected chi connectivity index (χ1v) is 10.2. The van der Waals surface area contributed by atoms with Gasteiger partial charge >= 0.3 is 0 Å². The maximum atomic E-state index is 13.0. The molecule has 2 aliphatic heterocycles. The minimum Gasteiger partial charge on any atom is -0.392 e. The van der Waals surface area contributed by atoms with Crippen molar-refractivity contribution in [3.8, 4) is 0 Å². The number of benzene rings is 1. The van der Waals surface area contributed by atoms with E-state index in [4.69, 9.17) is 21.1 Å². The van der Waals surface area contributed by atoms with Crippen LogP contribution in [-0.2, 0) is 16.0 Å². The van der Waals surface area contributed by atoms with E-state index >= 15 is 0 Å². The number of halogens is 2. The molecule has 7 nitrogen and oxygen atoms in total. The fourth-order valence-corrected chi connectivity index (χ4v) is 4.27. The fraction of sp³-hybridized carbons (Fsp3) is 0.556. The summed E-state index contributed by atoms with van der Waals surface area (Å²) in [5.41, 5.74) is 0.365. The van der Waals surface area contributed by atoms with Gasteiger partial charge in [0.15, 0.2) is 5.79 Å². The second-order valence-electron chi connectivity index (χ2n) is 7.04. The van der Waals surface area contributed by atoms with Crippen molar-refractivity contribution < 1.29 is 14.6 Å². The van der Waals surface area contributed by atoms with Crippen molar-refractivity contribution in [3.63, 3.8) is 0 Å². The lowest BCUT2D eigenvalue weighted by Crippen LogP contribution is -2.51. The molecule has 146 valence electrons. The molecule has 0 radical (unpaired) electrons. The van der Waals surface area contributed by atoms with E-state index in [1.165, 1.54) is 10.9 Å². The standard InChI is InChI=1S/C18H21BrClN3O4/c19-12-7-14-11(6-13(12)20)17(25)23(10-22-14)9-18(26-4-5-27-18)8-15-16(24)2-1-3-21-15/h6-7,10,15-16,21,24H,1-5,8-9H2. The van der Waals surface area contributed by atoms with Crippen LogP contribution in [0.4, 0.5) is 0 Å². The number of nitrogens with one attached hydrogen (secondary N) is 1. The Labute approximate surface area is 169 Å². The van der Waals surface area contributed by atoms with Crippen molar-refractivity contribution >= 4 is 38.4 Å². The van der Waals surface area contributed by atoms with Crippen molar-refractivity contribution in [1.82, 2.24) is 14.9 Å². The summed E-state index contributed by atoms with van der Waals surface area (Å²) in [5, 5.41) is 14.5. The zero-order valence-electron chi connectivity index (χ0n) is 14.7. The quantitative estimate of drug-likeness (QED) is 0.729. The van der Waals surface area contributed by atoms with Gasteiger partial charge in [-0.15, -0.1) is 0 Å². The number of hydrogen-bond donors (Lipinski definition) is 2. The first kappa shape index (κ1) is 19.3. The molecular weight excluding hydrogens is 438 g/mol. The predicted molar refractivity (Wildman–Crippen MR) is 105 cm³/mol. The van der Waals surface area contributed by atoms with Crippen LogP contribution in [0.2, 0.25) is 5.02 Å².